The van der Waals surface area contributed by atoms with Crippen LogP contribution in [-0.4, -0.2) is 55.0 Å². The molecule has 3 atom stereocenters. The fourth-order valence-electron chi connectivity index (χ4n) is 2.66. The van der Waals surface area contributed by atoms with Crippen molar-refractivity contribution in [3.63, 3.8) is 0 Å². The second-order valence-corrected chi connectivity index (χ2v) is 5.73. The smallest absolute Gasteiger partial charge is 0.0767 e. The molecule has 3 unspecified atom stereocenters. The Labute approximate surface area is 111 Å². The van der Waals surface area contributed by atoms with Gasteiger partial charge in [-0.2, -0.15) is 0 Å². The Morgan fingerprint density at radius 3 is 2.78 bits per heavy atom. The topological polar surface area (TPSA) is 58.7 Å². The molecule has 3 N–H and O–H groups in total. The lowest BCUT2D eigenvalue weighted by Gasteiger charge is -2.36. The Morgan fingerprint density at radius 1 is 1.50 bits per heavy atom. The Balaban J connectivity index is 2.27. The van der Waals surface area contributed by atoms with E-state index in [0.717, 1.165) is 38.9 Å². The van der Waals surface area contributed by atoms with Crippen molar-refractivity contribution >= 4 is 0 Å². The summed E-state index contributed by atoms with van der Waals surface area (Å²) < 4.78 is 5.51. The van der Waals surface area contributed by atoms with Crippen LogP contribution in [0, 0.1) is 5.92 Å². The zero-order chi connectivity index (χ0) is 13.6. The predicted octanol–water partition coefficient (Wildman–Crippen LogP) is 1.22. The van der Waals surface area contributed by atoms with Gasteiger partial charge in [-0.15, -0.1) is 0 Å². The summed E-state index contributed by atoms with van der Waals surface area (Å²) in [6, 6.07) is 0. The summed E-state index contributed by atoms with van der Waals surface area (Å²) >= 11 is 0. The molecule has 0 spiro atoms. The third-order valence-corrected chi connectivity index (χ3v) is 4.43. The van der Waals surface area contributed by atoms with Gasteiger partial charge in [-0.05, 0) is 44.7 Å². The van der Waals surface area contributed by atoms with E-state index in [9.17, 15) is 5.11 Å². The van der Waals surface area contributed by atoms with Gasteiger partial charge in [0.25, 0.3) is 0 Å². The van der Waals surface area contributed by atoms with Crippen LogP contribution in [0.3, 0.4) is 0 Å². The lowest BCUT2D eigenvalue weighted by atomic mass is 9.93. The molecule has 0 aromatic heterocycles. The second kappa shape index (κ2) is 7.43. The third kappa shape index (κ3) is 4.50. The van der Waals surface area contributed by atoms with Gasteiger partial charge in [-0.25, -0.2) is 0 Å². The van der Waals surface area contributed by atoms with Crippen molar-refractivity contribution in [1.82, 2.24) is 4.90 Å². The quantitative estimate of drug-likeness (QED) is 0.721. The number of nitrogens with two attached hydrogens (primary N) is 1. The molecule has 1 fully saturated rings. The number of ether oxygens (including phenoxy) is 1. The van der Waals surface area contributed by atoms with Crippen LogP contribution in [0.5, 0.6) is 0 Å². The molecule has 108 valence electrons. The molecule has 0 aromatic carbocycles. The standard InChI is InChI=1S/C14H30N2O2/c1-4-14(17,11-15)7-5-8-16-9-6-12(2)13(10-16)18-3/h12-13,17H,4-11,15H2,1-3H3. The monoisotopic (exact) mass is 258 g/mol. The summed E-state index contributed by atoms with van der Waals surface area (Å²) in [7, 11) is 1.80. The zero-order valence-electron chi connectivity index (χ0n) is 12.2. The average Bonchev–Trinajstić information content (AvgIpc) is 2.40. The van der Waals surface area contributed by atoms with E-state index in [4.69, 9.17) is 10.5 Å². The maximum absolute atomic E-state index is 10.1. The van der Waals surface area contributed by atoms with Crippen molar-refractivity contribution < 1.29 is 9.84 Å². The highest BCUT2D eigenvalue weighted by Crippen LogP contribution is 2.21. The van der Waals surface area contributed by atoms with Gasteiger partial charge in [0.1, 0.15) is 0 Å². The molecule has 4 heteroatoms. The van der Waals surface area contributed by atoms with Gasteiger partial charge in [0.2, 0.25) is 0 Å². The van der Waals surface area contributed by atoms with Crippen molar-refractivity contribution in [3.05, 3.63) is 0 Å². The van der Waals surface area contributed by atoms with E-state index < -0.39 is 5.60 Å². The van der Waals surface area contributed by atoms with Gasteiger partial charge < -0.3 is 20.5 Å². The third-order valence-electron chi connectivity index (χ3n) is 4.43. The molecular formula is C14H30N2O2. The fourth-order valence-corrected chi connectivity index (χ4v) is 2.66. The normalized spacial score (nSPS) is 29.2. The highest BCUT2D eigenvalue weighted by molar-refractivity contribution is 4.81. The van der Waals surface area contributed by atoms with E-state index in [1.807, 2.05) is 6.92 Å². The number of hydrogen-bond acceptors (Lipinski definition) is 4. The fraction of sp³-hybridized carbons (Fsp3) is 1.00. The number of piperidine rings is 1. The highest BCUT2D eigenvalue weighted by Gasteiger charge is 2.27. The molecule has 1 aliphatic heterocycles. The highest BCUT2D eigenvalue weighted by atomic mass is 16.5. The molecule has 1 saturated heterocycles. The van der Waals surface area contributed by atoms with E-state index in [0.29, 0.717) is 18.6 Å². The van der Waals surface area contributed by atoms with Crippen LogP contribution >= 0.6 is 0 Å². The van der Waals surface area contributed by atoms with E-state index in [2.05, 4.69) is 11.8 Å². The van der Waals surface area contributed by atoms with Gasteiger partial charge >= 0.3 is 0 Å². The Kier molecular flexibility index (Phi) is 6.57. The number of likely N-dealkylation sites (tertiary alicyclic amines) is 1. The van der Waals surface area contributed by atoms with Crippen LogP contribution in [0.25, 0.3) is 0 Å². The summed E-state index contributed by atoms with van der Waals surface area (Å²) in [6.07, 6.45) is 4.10. The Hall–Kier alpha value is -0.160. The van der Waals surface area contributed by atoms with Crippen molar-refractivity contribution in [2.24, 2.45) is 11.7 Å². The first kappa shape index (κ1) is 15.9. The summed E-state index contributed by atoms with van der Waals surface area (Å²) in [5.41, 5.74) is 4.95. The van der Waals surface area contributed by atoms with Gasteiger partial charge in [0.05, 0.1) is 11.7 Å². The van der Waals surface area contributed by atoms with Crippen LogP contribution in [0.2, 0.25) is 0 Å². The zero-order valence-corrected chi connectivity index (χ0v) is 12.2. The summed E-state index contributed by atoms with van der Waals surface area (Å²) in [4.78, 5) is 2.45. The van der Waals surface area contributed by atoms with Gasteiger partial charge in [-0.1, -0.05) is 13.8 Å². The Bertz CT molecular complexity index is 232. The van der Waals surface area contributed by atoms with Crippen molar-refractivity contribution in [2.45, 2.75) is 51.2 Å². The predicted molar refractivity (Wildman–Crippen MR) is 74.5 cm³/mol. The molecule has 1 rings (SSSR count). The minimum atomic E-state index is -0.663. The summed E-state index contributed by atoms with van der Waals surface area (Å²) in [5.74, 6) is 0.655. The SMILES string of the molecule is CCC(O)(CN)CCCN1CCC(C)C(OC)C1. The molecular weight excluding hydrogens is 228 g/mol. The number of aliphatic hydroxyl groups is 1. The Morgan fingerprint density at radius 2 is 2.22 bits per heavy atom. The lowest BCUT2D eigenvalue weighted by Crippen LogP contribution is -2.45. The largest absolute Gasteiger partial charge is 0.389 e. The summed E-state index contributed by atoms with van der Waals surface area (Å²) in [6.45, 7) is 7.82. The number of hydrogen-bond donors (Lipinski definition) is 2. The maximum Gasteiger partial charge on any atom is 0.0767 e. The molecule has 0 saturated carbocycles. The van der Waals surface area contributed by atoms with E-state index >= 15 is 0 Å². The van der Waals surface area contributed by atoms with Gasteiger partial charge in [0, 0.05) is 20.2 Å². The molecule has 0 amide bonds. The summed E-state index contributed by atoms with van der Waals surface area (Å²) in [5, 5.41) is 10.1. The number of methoxy groups -OCH3 is 1. The maximum atomic E-state index is 10.1. The molecule has 18 heavy (non-hydrogen) atoms. The lowest BCUT2D eigenvalue weighted by molar-refractivity contribution is -0.00990. The second-order valence-electron chi connectivity index (χ2n) is 5.73. The first-order valence-corrected chi connectivity index (χ1v) is 7.22. The molecule has 0 radical (unpaired) electrons. The minimum Gasteiger partial charge on any atom is -0.389 e. The van der Waals surface area contributed by atoms with E-state index in [-0.39, 0.29) is 0 Å². The number of rotatable bonds is 7. The first-order chi connectivity index (χ1) is 8.54. The van der Waals surface area contributed by atoms with Crippen LogP contribution in [-0.2, 0) is 4.74 Å². The average molecular weight is 258 g/mol. The molecule has 0 bridgehead atoms. The number of nitrogens with zero attached hydrogens (tertiary/aromatic N) is 1. The molecule has 1 heterocycles. The van der Waals surface area contributed by atoms with Crippen molar-refractivity contribution in [3.8, 4) is 0 Å². The van der Waals surface area contributed by atoms with E-state index in [1.165, 1.54) is 6.42 Å². The van der Waals surface area contributed by atoms with Crippen LogP contribution in [0.1, 0.15) is 39.5 Å². The molecule has 0 aromatic rings. The molecule has 4 nitrogen and oxygen atoms in total. The van der Waals surface area contributed by atoms with Gasteiger partial charge in [-0.3, -0.25) is 0 Å². The van der Waals surface area contributed by atoms with Crippen molar-refractivity contribution in [2.75, 3.05) is 33.3 Å². The van der Waals surface area contributed by atoms with Crippen LogP contribution < -0.4 is 5.73 Å². The molecule has 0 aliphatic carbocycles. The van der Waals surface area contributed by atoms with Gasteiger partial charge in [0.15, 0.2) is 0 Å². The minimum absolute atomic E-state index is 0.360. The first-order valence-electron chi connectivity index (χ1n) is 7.22. The van der Waals surface area contributed by atoms with E-state index in [1.54, 1.807) is 7.11 Å². The van der Waals surface area contributed by atoms with Crippen LogP contribution in [0.4, 0.5) is 0 Å². The van der Waals surface area contributed by atoms with Crippen molar-refractivity contribution in [1.29, 1.82) is 0 Å². The molecule has 1 aliphatic rings. The van der Waals surface area contributed by atoms with Crippen LogP contribution in [0.15, 0.2) is 0 Å².